The number of rotatable bonds is 1. The van der Waals surface area contributed by atoms with Crippen LogP contribution in [-0.2, 0) is 10.8 Å². The third-order valence-corrected chi connectivity index (χ3v) is 15.7. The monoisotopic (exact) mass is 756 g/mol. The van der Waals surface area contributed by atoms with E-state index >= 15 is 0 Å². The molecule has 0 radical (unpaired) electrons. The molecule has 2 aliphatic carbocycles. The predicted molar refractivity (Wildman–Crippen MR) is 248 cm³/mol. The van der Waals surface area contributed by atoms with Gasteiger partial charge < -0.3 is 9.38 Å². The van der Waals surface area contributed by atoms with Gasteiger partial charge in [0.2, 0.25) is 0 Å². The van der Waals surface area contributed by atoms with E-state index in [1.54, 1.807) is 0 Å². The van der Waals surface area contributed by atoms with Crippen LogP contribution in [0, 0.1) is 0 Å². The maximum atomic E-state index is 2.73. The Morgan fingerprint density at radius 3 is 2.02 bits per heavy atom. The van der Waals surface area contributed by atoms with Crippen molar-refractivity contribution in [2.75, 3.05) is 4.81 Å². The van der Waals surface area contributed by atoms with Crippen LogP contribution in [0.25, 0.3) is 81.0 Å². The largest absolute Gasteiger partial charge is 0.376 e. The van der Waals surface area contributed by atoms with E-state index in [4.69, 9.17) is 0 Å². The summed E-state index contributed by atoms with van der Waals surface area (Å²) in [4.78, 5) is 4.06. The van der Waals surface area contributed by atoms with Crippen LogP contribution < -0.4 is 15.7 Å². The minimum atomic E-state index is -0.163. The Labute approximate surface area is 341 Å². The molecule has 0 spiro atoms. The molecule has 4 aliphatic rings. The van der Waals surface area contributed by atoms with E-state index in [0.717, 1.165) is 0 Å². The second kappa shape index (κ2) is 10.4. The van der Waals surface area contributed by atoms with Crippen molar-refractivity contribution in [3.05, 3.63) is 174 Å². The number of hydrogen-bond acceptors (Lipinski definition) is 2. The Morgan fingerprint density at radius 1 is 0.500 bits per heavy atom. The zero-order valence-corrected chi connectivity index (χ0v) is 33.6. The Kier molecular flexibility index (Phi) is 5.67. The van der Waals surface area contributed by atoms with Crippen molar-refractivity contribution in [3.8, 4) is 39.1 Å². The molecule has 0 amide bonds. The first-order chi connectivity index (χ1) is 28.3. The van der Waals surface area contributed by atoms with Gasteiger partial charge in [-0.2, -0.15) is 0 Å². The van der Waals surface area contributed by atoms with Crippen molar-refractivity contribution >= 4 is 82.5 Å². The SMILES string of the molecule is CC1(C)c2ccccc2-c2ccc(N3B4c5c(cc6c(c5-c5cc7ccccc7cc53)-c3ccccc3C6(C)C)-n3c5sc6ccccc6c5c5cccc4c53)cc21. The van der Waals surface area contributed by atoms with E-state index < -0.39 is 0 Å². The normalized spacial score (nSPS) is 15.8. The molecule has 2 aromatic heterocycles. The van der Waals surface area contributed by atoms with Gasteiger partial charge in [-0.1, -0.05) is 143 Å². The van der Waals surface area contributed by atoms with Crippen LogP contribution >= 0.6 is 11.3 Å². The molecule has 10 aromatic rings. The Bertz CT molecular complexity index is 3540. The molecule has 0 atom stereocenters. The number of para-hydroxylation sites is 1. The lowest BCUT2D eigenvalue weighted by atomic mass is 9.43. The maximum Gasteiger partial charge on any atom is 0.333 e. The topological polar surface area (TPSA) is 8.17 Å². The molecule has 4 heterocycles. The number of hydrogen-bond donors (Lipinski definition) is 0. The first-order valence-electron chi connectivity index (χ1n) is 20.6. The average molecular weight is 757 g/mol. The second-order valence-electron chi connectivity index (χ2n) is 18.0. The molecule has 272 valence electrons. The molecular formula is C54H37BN2S. The minimum absolute atomic E-state index is 0.0451. The minimum Gasteiger partial charge on any atom is -0.376 e. The van der Waals surface area contributed by atoms with E-state index in [0.29, 0.717) is 0 Å². The van der Waals surface area contributed by atoms with Gasteiger partial charge in [0, 0.05) is 54.3 Å². The zero-order chi connectivity index (χ0) is 38.4. The Morgan fingerprint density at radius 2 is 1.17 bits per heavy atom. The van der Waals surface area contributed by atoms with Crippen molar-refractivity contribution in [1.82, 2.24) is 4.57 Å². The first-order valence-corrected chi connectivity index (χ1v) is 21.5. The molecule has 2 nitrogen and oxygen atoms in total. The number of aromatic nitrogens is 1. The van der Waals surface area contributed by atoms with E-state index in [9.17, 15) is 0 Å². The van der Waals surface area contributed by atoms with Crippen LogP contribution in [0.2, 0.25) is 0 Å². The highest BCUT2D eigenvalue weighted by molar-refractivity contribution is 7.26. The third kappa shape index (κ3) is 3.60. The van der Waals surface area contributed by atoms with Gasteiger partial charge in [-0.3, -0.25) is 0 Å². The standard InChI is InChI=1S/C54H37BN2S/c1-53(2)39-20-10-7-16-33(39)34-25-24-32(28-41(34)53)57-44-27-31-15-6-5-14-30(31)26-38(44)49-48-35-17-8-11-21-40(35)54(3,4)42(48)29-45-50(49)55(57)43-22-13-19-37-47-36-18-9-12-23-46(36)58-52(47)56(45)51(37)43/h5-29H,1-4H3. The maximum absolute atomic E-state index is 2.73. The summed E-state index contributed by atoms with van der Waals surface area (Å²) in [5, 5.41) is 6.60. The van der Waals surface area contributed by atoms with Gasteiger partial charge in [0.15, 0.2) is 0 Å². The number of anilines is 2. The van der Waals surface area contributed by atoms with Crippen molar-refractivity contribution in [2.24, 2.45) is 0 Å². The lowest BCUT2D eigenvalue weighted by Crippen LogP contribution is -2.60. The molecular weight excluding hydrogens is 719 g/mol. The number of fused-ring (bicyclic) bond motifs is 17. The van der Waals surface area contributed by atoms with Gasteiger partial charge in [0.1, 0.15) is 4.83 Å². The highest BCUT2D eigenvalue weighted by atomic mass is 32.1. The highest BCUT2D eigenvalue weighted by Crippen LogP contribution is 2.58. The molecule has 0 unspecified atom stereocenters. The summed E-state index contributed by atoms with van der Waals surface area (Å²) in [6.45, 7) is 9.63. The molecule has 8 aromatic carbocycles. The lowest BCUT2D eigenvalue weighted by molar-refractivity contribution is 0.660. The zero-order valence-electron chi connectivity index (χ0n) is 32.8. The molecule has 0 fully saturated rings. The quantitative estimate of drug-likeness (QED) is 0.151. The fourth-order valence-electron chi connectivity index (χ4n) is 11.9. The van der Waals surface area contributed by atoms with Crippen molar-refractivity contribution < 1.29 is 0 Å². The number of nitrogens with zero attached hydrogens (tertiary/aromatic N) is 2. The van der Waals surface area contributed by atoms with Gasteiger partial charge in [-0.25, -0.2) is 0 Å². The van der Waals surface area contributed by atoms with Crippen LogP contribution in [0.4, 0.5) is 11.4 Å². The van der Waals surface area contributed by atoms with Gasteiger partial charge in [0.05, 0.1) is 5.52 Å². The van der Waals surface area contributed by atoms with E-state index in [-0.39, 0.29) is 17.7 Å². The molecule has 4 heteroatoms. The summed E-state index contributed by atoms with van der Waals surface area (Å²) < 4.78 is 4.01. The fraction of sp³-hybridized carbons (Fsp3) is 0.111. The predicted octanol–water partition coefficient (Wildman–Crippen LogP) is 13.0. The van der Waals surface area contributed by atoms with E-state index in [2.05, 4.69) is 189 Å². The van der Waals surface area contributed by atoms with Crippen LogP contribution in [-0.4, -0.2) is 11.4 Å². The summed E-state index contributed by atoms with van der Waals surface area (Å²) >= 11 is 1.94. The van der Waals surface area contributed by atoms with Crippen molar-refractivity contribution in [3.63, 3.8) is 0 Å². The molecule has 0 saturated heterocycles. The van der Waals surface area contributed by atoms with Crippen LogP contribution in [0.15, 0.2) is 152 Å². The van der Waals surface area contributed by atoms with Crippen molar-refractivity contribution in [1.29, 1.82) is 0 Å². The summed E-state index contributed by atoms with van der Waals surface area (Å²) in [5.74, 6) is 0. The summed E-state index contributed by atoms with van der Waals surface area (Å²) in [7, 11) is 0. The third-order valence-electron chi connectivity index (χ3n) is 14.5. The van der Waals surface area contributed by atoms with E-state index in [1.165, 1.54) is 126 Å². The highest BCUT2D eigenvalue weighted by Gasteiger charge is 2.49. The number of benzene rings is 8. The molecule has 2 aliphatic heterocycles. The van der Waals surface area contributed by atoms with Crippen molar-refractivity contribution in [2.45, 2.75) is 38.5 Å². The summed E-state index contributed by atoms with van der Waals surface area (Å²) in [6.07, 6.45) is 0. The second-order valence-corrected chi connectivity index (χ2v) is 19.1. The average Bonchev–Trinajstić information content (AvgIpc) is 3.92. The van der Waals surface area contributed by atoms with Crippen LogP contribution in [0.1, 0.15) is 49.9 Å². The van der Waals surface area contributed by atoms with Crippen LogP contribution in [0.3, 0.4) is 0 Å². The Hall–Kier alpha value is -6.36. The molecule has 0 saturated carbocycles. The lowest BCUT2D eigenvalue weighted by Gasteiger charge is -2.43. The molecule has 0 bridgehead atoms. The smallest absolute Gasteiger partial charge is 0.333 e. The Balaban J connectivity index is 1.18. The molecule has 58 heavy (non-hydrogen) atoms. The fourth-order valence-corrected chi connectivity index (χ4v) is 13.2. The van der Waals surface area contributed by atoms with Gasteiger partial charge >= 0.3 is 6.85 Å². The van der Waals surface area contributed by atoms with Crippen LogP contribution in [0.5, 0.6) is 0 Å². The van der Waals surface area contributed by atoms with E-state index in [1.807, 2.05) is 11.3 Å². The number of thiophene rings is 1. The summed E-state index contributed by atoms with van der Waals surface area (Å²) in [5.41, 5.74) is 21.5. The molecule has 14 rings (SSSR count). The molecule has 0 N–H and O–H groups in total. The summed E-state index contributed by atoms with van der Waals surface area (Å²) in [6, 6.07) is 58.3. The van der Waals surface area contributed by atoms with Gasteiger partial charge in [-0.05, 0) is 108 Å². The van der Waals surface area contributed by atoms with Gasteiger partial charge in [0.25, 0.3) is 0 Å². The first kappa shape index (κ1) is 31.7. The van der Waals surface area contributed by atoms with Gasteiger partial charge in [-0.15, -0.1) is 11.3 Å².